The van der Waals surface area contributed by atoms with Crippen LogP contribution in [0.4, 0.5) is 0 Å². The highest BCUT2D eigenvalue weighted by atomic mass is 28.4. The Hall–Kier alpha value is -2.89. The molecule has 0 saturated carbocycles. The maximum Gasteiger partial charge on any atom is 0.193 e. The van der Waals surface area contributed by atoms with Crippen molar-refractivity contribution in [1.29, 1.82) is 0 Å². The summed E-state index contributed by atoms with van der Waals surface area (Å²) < 4.78 is 48.1. The molecule has 1 aliphatic rings. The van der Waals surface area contributed by atoms with E-state index in [0.717, 1.165) is 29.5 Å². The van der Waals surface area contributed by atoms with E-state index >= 15 is 0 Å². The summed E-state index contributed by atoms with van der Waals surface area (Å²) in [6, 6.07) is 30.6. The van der Waals surface area contributed by atoms with E-state index in [1.54, 1.807) is 7.11 Å². The summed E-state index contributed by atoms with van der Waals surface area (Å²) in [7, 11) is -2.98. The molecule has 0 amide bonds. The predicted molar refractivity (Wildman–Crippen MR) is 251 cm³/mol. The lowest BCUT2D eigenvalue weighted by Crippen LogP contribution is -2.60. The summed E-state index contributed by atoms with van der Waals surface area (Å²) in [5, 5.41) is -0.0659. The van der Waals surface area contributed by atoms with Crippen molar-refractivity contribution in [2.75, 3.05) is 7.11 Å². The van der Waals surface area contributed by atoms with Crippen molar-refractivity contribution in [1.82, 2.24) is 0 Å². The van der Waals surface area contributed by atoms with Gasteiger partial charge in [0, 0.05) is 13.5 Å². The lowest BCUT2D eigenvalue weighted by Gasteiger charge is -2.45. The van der Waals surface area contributed by atoms with Crippen LogP contribution in [0, 0.1) is 11.8 Å². The van der Waals surface area contributed by atoms with Crippen LogP contribution in [-0.4, -0.2) is 66.7 Å². The van der Waals surface area contributed by atoms with E-state index in [4.69, 9.17) is 32.5 Å². The first kappa shape index (κ1) is 49.8. The van der Waals surface area contributed by atoms with Gasteiger partial charge in [-0.15, -0.1) is 5.92 Å². The summed E-state index contributed by atoms with van der Waals surface area (Å²) >= 11 is 0. The Labute approximate surface area is 366 Å². The molecule has 1 saturated heterocycles. The molecule has 1 heterocycles. The largest absolute Gasteiger partial charge is 0.407 e. The molecule has 1 fully saturated rings. The molecule has 0 bridgehead atoms. The molecule has 60 heavy (non-hydrogen) atoms. The SMILES string of the molecule is CCCCCCC#C[C@H](O[Si](C)(C)C(C)(C)C)[C@H](/C=C/[C@H]1O[C@H](OC)[C@H](OCc2ccccc2)[C@@H](OCc2ccccc2)[C@@H]1OCc1ccccc1)O[Si](C)(C)C(C)(C)C. The van der Waals surface area contributed by atoms with E-state index in [2.05, 4.69) is 135 Å². The molecule has 330 valence electrons. The fourth-order valence-electron chi connectivity index (χ4n) is 6.46. The first-order valence-corrected chi connectivity index (χ1v) is 27.9. The first-order valence-electron chi connectivity index (χ1n) is 22.1. The average Bonchev–Trinajstić information content (AvgIpc) is 3.21. The number of methoxy groups -OCH3 is 1. The number of unbranched alkanes of at least 4 members (excludes halogenated alkanes) is 4. The second kappa shape index (κ2) is 23.5. The Kier molecular flexibility index (Phi) is 19.5. The normalized spacial score (nSPS) is 21.4. The molecule has 3 aromatic carbocycles. The standard InChI is InChI=1S/C51H76O7Si2/c1-13-14-15-16-17-27-34-43(57-59(9,10)50(2,3)4)44(58-60(11,12)51(5,6)7)35-36-45-46(53-37-40-28-21-18-22-29-40)47(54-38-41-30-23-19-24-31-41)48(49(52-8)56-45)55-39-42-32-25-20-26-33-42/h18-26,28-33,35-36,43-49H,13-17,37-39H2,1-12H3/b36-35+/t43-,44-,45+,46+,47-,48+,49-/m0/s1. The Morgan fingerprint density at radius 1 is 0.633 bits per heavy atom. The monoisotopic (exact) mass is 857 g/mol. The molecule has 0 radical (unpaired) electrons. The second-order valence-electron chi connectivity index (χ2n) is 19.1. The van der Waals surface area contributed by atoms with Crippen molar-refractivity contribution in [3.8, 4) is 11.8 Å². The third-order valence-corrected chi connectivity index (χ3v) is 21.2. The Balaban J connectivity index is 1.81. The van der Waals surface area contributed by atoms with Crippen molar-refractivity contribution in [2.24, 2.45) is 0 Å². The van der Waals surface area contributed by atoms with E-state index < -0.39 is 59.5 Å². The van der Waals surface area contributed by atoms with Crippen molar-refractivity contribution in [2.45, 2.75) is 180 Å². The van der Waals surface area contributed by atoms with Crippen LogP contribution in [0.5, 0.6) is 0 Å². The fraction of sp³-hybridized carbons (Fsp3) is 0.569. The van der Waals surface area contributed by atoms with Gasteiger partial charge in [0.25, 0.3) is 0 Å². The van der Waals surface area contributed by atoms with Gasteiger partial charge in [-0.05, 0) is 59.4 Å². The van der Waals surface area contributed by atoms with Gasteiger partial charge in [-0.3, -0.25) is 0 Å². The Morgan fingerprint density at radius 2 is 1.10 bits per heavy atom. The van der Waals surface area contributed by atoms with Crippen LogP contribution in [-0.2, 0) is 52.4 Å². The van der Waals surface area contributed by atoms with E-state index in [-0.39, 0.29) is 10.1 Å². The van der Waals surface area contributed by atoms with Gasteiger partial charge in [-0.2, -0.15) is 0 Å². The van der Waals surface area contributed by atoms with Gasteiger partial charge >= 0.3 is 0 Å². The van der Waals surface area contributed by atoms with E-state index in [9.17, 15) is 0 Å². The van der Waals surface area contributed by atoms with Crippen molar-refractivity contribution < 1.29 is 32.5 Å². The zero-order chi connectivity index (χ0) is 43.8. The number of ether oxygens (including phenoxy) is 5. The minimum absolute atomic E-state index is 0.0219. The molecular weight excluding hydrogens is 781 g/mol. The van der Waals surface area contributed by atoms with Gasteiger partial charge in [0.15, 0.2) is 22.9 Å². The van der Waals surface area contributed by atoms with E-state index in [1.807, 2.05) is 54.6 Å². The summed E-state index contributed by atoms with van der Waals surface area (Å²) in [4.78, 5) is 0. The van der Waals surface area contributed by atoms with Crippen LogP contribution in [0.25, 0.3) is 0 Å². The van der Waals surface area contributed by atoms with E-state index in [1.165, 1.54) is 19.3 Å². The molecule has 0 unspecified atom stereocenters. The third kappa shape index (κ3) is 15.2. The highest BCUT2D eigenvalue weighted by Gasteiger charge is 2.49. The van der Waals surface area contributed by atoms with E-state index in [0.29, 0.717) is 19.8 Å². The molecule has 0 N–H and O–H groups in total. The van der Waals surface area contributed by atoms with Crippen LogP contribution in [0.2, 0.25) is 36.3 Å². The number of hydrogen-bond donors (Lipinski definition) is 0. The Bertz CT molecular complexity index is 1740. The second-order valence-corrected chi connectivity index (χ2v) is 28.7. The maximum atomic E-state index is 7.33. The topological polar surface area (TPSA) is 64.6 Å². The fourth-order valence-corrected chi connectivity index (χ4v) is 8.88. The zero-order valence-electron chi connectivity index (χ0n) is 38.9. The minimum atomic E-state index is -2.34. The van der Waals surface area contributed by atoms with Gasteiger partial charge in [0.1, 0.15) is 36.6 Å². The third-order valence-electron chi connectivity index (χ3n) is 12.3. The predicted octanol–water partition coefficient (Wildman–Crippen LogP) is 12.4. The van der Waals surface area contributed by atoms with Crippen LogP contribution in [0.3, 0.4) is 0 Å². The van der Waals surface area contributed by atoms with Crippen LogP contribution >= 0.6 is 0 Å². The van der Waals surface area contributed by atoms with Crippen LogP contribution < -0.4 is 0 Å². The molecule has 0 aliphatic carbocycles. The molecule has 7 nitrogen and oxygen atoms in total. The molecule has 4 rings (SSSR count). The number of benzene rings is 3. The summed E-state index contributed by atoms with van der Waals surface area (Å²) in [5.74, 6) is 7.15. The van der Waals surface area contributed by atoms with Gasteiger partial charge in [0.2, 0.25) is 0 Å². The molecular formula is C51H76O7Si2. The van der Waals surface area contributed by atoms with Crippen molar-refractivity contribution in [3.63, 3.8) is 0 Å². The highest BCUT2D eigenvalue weighted by molar-refractivity contribution is 6.74. The molecule has 0 aromatic heterocycles. The van der Waals surface area contributed by atoms with Crippen LogP contribution in [0.15, 0.2) is 103 Å². The lowest BCUT2D eigenvalue weighted by atomic mass is 9.96. The van der Waals surface area contributed by atoms with Gasteiger partial charge in [-0.25, -0.2) is 0 Å². The first-order chi connectivity index (χ1) is 28.5. The van der Waals surface area contributed by atoms with Crippen molar-refractivity contribution >= 4 is 16.6 Å². The minimum Gasteiger partial charge on any atom is -0.407 e. The smallest absolute Gasteiger partial charge is 0.193 e. The quantitative estimate of drug-likeness (QED) is 0.0458. The summed E-state index contributed by atoms with van der Waals surface area (Å²) in [6.07, 6.45) is 5.69. The van der Waals surface area contributed by atoms with Gasteiger partial charge in [0.05, 0.1) is 19.8 Å². The van der Waals surface area contributed by atoms with Gasteiger partial charge in [-0.1, -0.05) is 177 Å². The Morgan fingerprint density at radius 3 is 1.57 bits per heavy atom. The molecule has 0 spiro atoms. The number of hydrogen-bond acceptors (Lipinski definition) is 7. The highest BCUT2D eigenvalue weighted by Crippen LogP contribution is 2.41. The van der Waals surface area contributed by atoms with Crippen molar-refractivity contribution in [3.05, 3.63) is 120 Å². The molecule has 9 heteroatoms. The van der Waals surface area contributed by atoms with Crippen LogP contribution in [0.1, 0.15) is 97.3 Å². The summed E-state index contributed by atoms with van der Waals surface area (Å²) in [5.41, 5.74) is 3.15. The maximum absolute atomic E-state index is 7.33. The average molecular weight is 857 g/mol. The lowest BCUT2D eigenvalue weighted by molar-refractivity contribution is -0.309. The molecule has 1 aliphatic heterocycles. The molecule has 3 aromatic rings. The number of rotatable bonds is 21. The molecule has 7 atom stereocenters. The summed E-state index contributed by atoms with van der Waals surface area (Å²) in [6.45, 7) is 26.1. The van der Waals surface area contributed by atoms with Gasteiger partial charge < -0.3 is 32.5 Å². The zero-order valence-corrected chi connectivity index (χ0v) is 40.9.